The third-order valence-corrected chi connectivity index (χ3v) is 7.88. The molecule has 0 saturated heterocycles. The quantitative estimate of drug-likeness (QED) is 0.412. The second-order valence-corrected chi connectivity index (χ2v) is 11.2. The van der Waals surface area contributed by atoms with Gasteiger partial charge < -0.3 is 10.4 Å². The Morgan fingerprint density at radius 1 is 1.11 bits per heavy atom. The third kappa shape index (κ3) is 5.64. The van der Waals surface area contributed by atoms with Crippen molar-refractivity contribution < 1.29 is 23.1 Å². The van der Waals surface area contributed by atoms with E-state index in [4.69, 9.17) is 4.98 Å². The SMILES string of the molecule is CC(C)C1CCC(c2nc3cc(C(C)(C)O)c(NC(=O)c4ccc(C(F)(F)F)nn4)cc3s2)CC1. The number of halogens is 3. The molecule has 188 valence electrons. The number of nitrogens with one attached hydrogen (secondary N) is 1. The fourth-order valence-electron chi connectivity index (χ4n) is 4.60. The van der Waals surface area contributed by atoms with E-state index < -0.39 is 23.4 Å². The molecule has 1 aliphatic rings. The van der Waals surface area contributed by atoms with E-state index in [1.807, 2.05) is 0 Å². The van der Waals surface area contributed by atoms with Crippen molar-refractivity contribution >= 4 is 33.1 Å². The number of amides is 1. The van der Waals surface area contributed by atoms with Crippen LogP contribution in [0.3, 0.4) is 0 Å². The maximum atomic E-state index is 12.8. The first-order valence-corrected chi connectivity index (χ1v) is 12.5. The van der Waals surface area contributed by atoms with E-state index in [2.05, 4.69) is 29.4 Å². The van der Waals surface area contributed by atoms with Crippen LogP contribution >= 0.6 is 11.3 Å². The lowest BCUT2D eigenvalue weighted by Gasteiger charge is -2.29. The van der Waals surface area contributed by atoms with E-state index >= 15 is 0 Å². The lowest BCUT2D eigenvalue weighted by Crippen LogP contribution is -2.22. The van der Waals surface area contributed by atoms with Gasteiger partial charge in [0.25, 0.3) is 5.91 Å². The molecule has 1 aromatic carbocycles. The van der Waals surface area contributed by atoms with Crippen molar-refractivity contribution in [3.05, 3.63) is 46.2 Å². The largest absolute Gasteiger partial charge is 0.435 e. The fourth-order valence-corrected chi connectivity index (χ4v) is 5.76. The van der Waals surface area contributed by atoms with Gasteiger partial charge in [0.2, 0.25) is 0 Å². The number of rotatable bonds is 5. The summed E-state index contributed by atoms with van der Waals surface area (Å²) in [6.07, 6.45) is -0.0846. The molecule has 0 radical (unpaired) electrons. The molecular weight excluding hydrogens is 477 g/mol. The van der Waals surface area contributed by atoms with Gasteiger partial charge in [-0.2, -0.15) is 13.2 Å². The Morgan fingerprint density at radius 3 is 2.34 bits per heavy atom. The lowest BCUT2D eigenvalue weighted by atomic mass is 9.77. The Bertz CT molecular complexity index is 1210. The summed E-state index contributed by atoms with van der Waals surface area (Å²) in [5.74, 6) is 1.11. The maximum Gasteiger partial charge on any atom is 0.435 e. The van der Waals surface area contributed by atoms with Crippen molar-refractivity contribution in [1.82, 2.24) is 15.2 Å². The number of nitrogens with zero attached hydrogens (tertiary/aromatic N) is 3. The molecular formula is C25H29F3N4O2S. The predicted molar refractivity (Wildman–Crippen MR) is 129 cm³/mol. The first-order chi connectivity index (χ1) is 16.3. The molecule has 1 fully saturated rings. The molecule has 2 aromatic heterocycles. The Kier molecular flexibility index (Phi) is 6.89. The van der Waals surface area contributed by atoms with Crippen LogP contribution in [0.15, 0.2) is 24.3 Å². The van der Waals surface area contributed by atoms with Crippen molar-refractivity contribution in [3.8, 4) is 0 Å². The van der Waals surface area contributed by atoms with Crippen LogP contribution < -0.4 is 5.32 Å². The number of carbonyl (C=O) groups excluding carboxylic acids is 1. The van der Waals surface area contributed by atoms with Crippen molar-refractivity contribution in [2.24, 2.45) is 11.8 Å². The molecule has 2 N–H and O–H groups in total. The zero-order chi connectivity index (χ0) is 25.5. The smallest absolute Gasteiger partial charge is 0.386 e. The molecule has 4 rings (SSSR count). The van der Waals surface area contributed by atoms with E-state index in [1.165, 1.54) is 12.8 Å². The van der Waals surface area contributed by atoms with Gasteiger partial charge in [-0.3, -0.25) is 4.79 Å². The van der Waals surface area contributed by atoms with Gasteiger partial charge in [0.05, 0.1) is 20.8 Å². The number of benzene rings is 1. The van der Waals surface area contributed by atoms with E-state index in [-0.39, 0.29) is 5.69 Å². The highest BCUT2D eigenvalue weighted by atomic mass is 32.1. The number of alkyl halides is 3. The molecule has 2 heterocycles. The van der Waals surface area contributed by atoms with Crippen LogP contribution in [0.2, 0.25) is 0 Å². The van der Waals surface area contributed by atoms with E-state index in [1.54, 1.807) is 37.3 Å². The molecule has 3 aromatic rings. The van der Waals surface area contributed by atoms with Crippen molar-refractivity contribution in [3.63, 3.8) is 0 Å². The van der Waals surface area contributed by atoms with Crippen molar-refractivity contribution in [1.29, 1.82) is 0 Å². The molecule has 10 heteroatoms. The first kappa shape index (κ1) is 25.5. The Hall–Kier alpha value is -2.59. The molecule has 0 unspecified atom stereocenters. The second kappa shape index (κ2) is 9.46. The van der Waals surface area contributed by atoms with E-state index in [9.17, 15) is 23.1 Å². The van der Waals surface area contributed by atoms with Crippen LogP contribution in [0.1, 0.15) is 86.0 Å². The van der Waals surface area contributed by atoms with Crippen LogP contribution in [0.4, 0.5) is 18.9 Å². The third-order valence-electron chi connectivity index (χ3n) is 6.70. The monoisotopic (exact) mass is 506 g/mol. The van der Waals surface area contributed by atoms with Crippen LogP contribution in [0.5, 0.6) is 0 Å². The summed E-state index contributed by atoms with van der Waals surface area (Å²) in [4.78, 5) is 17.6. The second-order valence-electron chi connectivity index (χ2n) is 10.1. The standard InChI is InChI=1S/C25H29F3N4O2S/c1-13(2)14-5-7-15(8-6-14)23-30-19-11-16(24(3,4)34)18(12-20(19)35-23)29-22(33)17-9-10-21(32-31-17)25(26,27)28/h9-15,34H,5-8H2,1-4H3,(H,29,33). The Balaban J connectivity index is 1.61. The summed E-state index contributed by atoms with van der Waals surface area (Å²) in [5.41, 5.74) is -1.16. The van der Waals surface area contributed by atoms with Gasteiger partial charge in [0.1, 0.15) is 0 Å². The summed E-state index contributed by atoms with van der Waals surface area (Å²) < 4.78 is 39.1. The highest BCUT2D eigenvalue weighted by Gasteiger charge is 2.33. The predicted octanol–water partition coefficient (Wildman–Crippen LogP) is 6.51. The maximum absolute atomic E-state index is 12.8. The topological polar surface area (TPSA) is 88.0 Å². The fraction of sp³-hybridized carbons (Fsp3) is 0.520. The summed E-state index contributed by atoms with van der Waals surface area (Å²) >= 11 is 1.58. The van der Waals surface area contributed by atoms with Crippen molar-refractivity contribution in [2.45, 2.75) is 71.1 Å². The summed E-state index contributed by atoms with van der Waals surface area (Å²) in [5, 5.41) is 21.0. The summed E-state index contributed by atoms with van der Waals surface area (Å²) in [6, 6.07) is 5.22. The van der Waals surface area contributed by atoms with Crippen LogP contribution in [-0.2, 0) is 11.8 Å². The number of carbonyl (C=O) groups is 1. The summed E-state index contributed by atoms with van der Waals surface area (Å²) in [7, 11) is 0. The van der Waals surface area contributed by atoms with Crippen LogP contribution in [0.25, 0.3) is 10.2 Å². The number of hydrogen-bond acceptors (Lipinski definition) is 6. The number of thiazole rings is 1. The highest BCUT2D eigenvalue weighted by Crippen LogP contribution is 2.42. The molecule has 0 spiro atoms. The Morgan fingerprint density at radius 2 is 1.80 bits per heavy atom. The average molecular weight is 507 g/mol. The highest BCUT2D eigenvalue weighted by molar-refractivity contribution is 7.18. The van der Waals surface area contributed by atoms with Gasteiger partial charge in [0.15, 0.2) is 11.4 Å². The van der Waals surface area contributed by atoms with Crippen LogP contribution in [-0.4, -0.2) is 26.2 Å². The molecule has 6 nitrogen and oxygen atoms in total. The molecule has 35 heavy (non-hydrogen) atoms. The van der Waals surface area contributed by atoms with Gasteiger partial charge in [0, 0.05) is 17.2 Å². The lowest BCUT2D eigenvalue weighted by molar-refractivity contribution is -0.141. The van der Waals surface area contributed by atoms with Gasteiger partial charge in [-0.1, -0.05) is 13.8 Å². The molecule has 1 amide bonds. The Labute approximate surface area is 206 Å². The van der Waals surface area contributed by atoms with E-state index in [0.29, 0.717) is 29.2 Å². The van der Waals surface area contributed by atoms with Gasteiger partial charge in [-0.25, -0.2) is 4.98 Å². The van der Waals surface area contributed by atoms with Crippen LogP contribution in [0, 0.1) is 11.8 Å². The zero-order valence-electron chi connectivity index (χ0n) is 20.1. The summed E-state index contributed by atoms with van der Waals surface area (Å²) in [6.45, 7) is 7.74. The number of fused-ring (bicyclic) bond motifs is 1. The molecule has 0 atom stereocenters. The zero-order valence-corrected chi connectivity index (χ0v) is 20.9. The number of hydrogen-bond donors (Lipinski definition) is 2. The van der Waals surface area contributed by atoms with Gasteiger partial charge >= 0.3 is 6.18 Å². The van der Waals surface area contributed by atoms with E-state index in [0.717, 1.165) is 40.1 Å². The number of aliphatic hydroxyl groups is 1. The average Bonchev–Trinajstić information content (AvgIpc) is 3.20. The minimum absolute atomic E-state index is 0.258. The number of anilines is 1. The van der Waals surface area contributed by atoms with Gasteiger partial charge in [-0.05, 0) is 75.6 Å². The molecule has 1 aliphatic carbocycles. The molecule has 1 saturated carbocycles. The van der Waals surface area contributed by atoms with Gasteiger partial charge in [-0.15, -0.1) is 21.5 Å². The molecule has 0 bridgehead atoms. The normalized spacial score (nSPS) is 19.3. The van der Waals surface area contributed by atoms with Crippen molar-refractivity contribution in [2.75, 3.05) is 5.32 Å². The molecule has 0 aliphatic heterocycles. The first-order valence-electron chi connectivity index (χ1n) is 11.7. The minimum atomic E-state index is -4.64. The minimum Gasteiger partial charge on any atom is -0.386 e. The number of aromatic nitrogens is 3.